The molecular weight excluding hydrogens is 389 g/mol. The molecule has 0 aliphatic carbocycles. The van der Waals surface area contributed by atoms with E-state index in [0.717, 1.165) is 0 Å². The number of rotatable bonds is 3. The molecule has 138 valence electrons. The molecular formula is C16H20Cl3N3O3. The Balaban J connectivity index is 2.17. The van der Waals surface area contributed by atoms with Gasteiger partial charge in [-0.05, 0) is 32.9 Å². The van der Waals surface area contributed by atoms with Crippen molar-refractivity contribution in [1.29, 1.82) is 0 Å². The maximum absolute atomic E-state index is 10.5. The predicted octanol–water partition coefficient (Wildman–Crippen LogP) is 3.41. The number of aliphatic hydroxyl groups is 2. The van der Waals surface area contributed by atoms with Gasteiger partial charge in [0, 0.05) is 5.54 Å². The van der Waals surface area contributed by atoms with Gasteiger partial charge < -0.3 is 20.3 Å². The van der Waals surface area contributed by atoms with E-state index in [4.69, 9.17) is 39.5 Å². The first-order chi connectivity index (χ1) is 11.6. The minimum atomic E-state index is -1.16. The molecule has 3 N–H and O–H groups in total. The van der Waals surface area contributed by atoms with Gasteiger partial charge in [0.25, 0.3) is 0 Å². The van der Waals surface area contributed by atoms with Crippen LogP contribution in [0, 0.1) is 0 Å². The largest absolute Gasteiger partial charge is 0.387 e. The SMILES string of the molecule is CC(C)(C)Nc1nc2cc(Cl)c(Cl)cc2n1[C@@H]1O[C@H](CCl)[C@@H](O)[C@H]1O. The summed E-state index contributed by atoms with van der Waals surface area (Å²) in [6, 6.07) is 3.32. The van der Waals surface area contributed by atoms with E-state index in [2.05, 4.69) is 10.3 Å². The van der Waals surface area contributed by atoms with Crippen molar-refractivity contribution >= 4 is 51.8 Å². The molecule has 1 saturated heterocycles. The highest BCUT2D eigenvalue weighted by atomic mass is 35.5. The Morgan fingerprint density at radius 3 is 2.40 bits per heavy atom. The zero-order chi connectivity index (χ0) is 18.5. The number of fused-ring (bicyclic) bond motifs is 1. The second-order valence-electron chi connectivity index (χ2n) is 7.14. The highest BCUT2D eigenvalue weighted by Gasteiger charge is 2.44. The van der Waals surface area contributed by atoms with Gasteiger partial charge in [-0.3, -0.25) is 4.57 Å². The molecule has 0 spiro atoms. The van der Waals surface area contributed by atoms with Crippen molar-refractivity contribution < 1.29 is 14.9 Å². The number of hydrogen-bond donors (Lipinski definition) is 3. The zero-order valence-corrected chi connectivity index (χ0v) is 16.3. The van der Waals surface area contributed by atoms with Gasteiger partial charge in [-0.2, -0.15) is 0 Å². The Kier molecular flexibility index (Phi) is 5.14. The number of halogens is 3. The molecule has 0 amide bonds. The number of imidazole rings is 1. The lowest BCUT2D eigenvalue weighted by molar-refractivity contribution is -0.0277. The normalized spacial score (nSPS) is 27.2. The van der Waals surface area contributed by atoms with Gasteiger partial charge in [0.15, 0.2) is 6.23 Å². The number of anilines is 1. The van der Waals surface area contributed by atoms with Gasteiger partial charge in [0.05, 0.1) is 27.0 Å². The number of aromatic nitrogens is 2. The standard InChI is InChI=1S/C16H20Cl3N3O3/c1-16(2,3)21-15-20-9-4-7(18)8(19)5-10(9)22(15)14-13(24)12(23)11(6-17)25-14/h4-5,11-14,23-24H,6H2,1-3H3,(H,20,21)/t11-,12-,13-,14-/m1/s1. The Bertz CT molecular complexity index is 790. The molecule has 4 atom stereocenters. The van der Waals surface area contributed by atoms with Crippen LogP contribution >= 0.6 is 34.8 Å². The number of hydrogen-bond acceptors (Lipinski definition) is 5. The summed E-state index contributed by atoms with van der Waals surface area (Å²) in [7, 11) is 0. The molecule has 0 saturated carbocycles. The molecule has 3 rings (SSSR count). The molecule has 2 aromatic rings. The van der Waals surface area contributed by atoms with Crippen LogP contribution in [0.15, 0.2) is 12.1 Å². The molecule has 1 fully saturated rings. The van der Waals surface area contributed by atoms with Gasteiger partial charge >= 0.3 is 0 Å². The maximum atomic E-state index is 10.5. The molecule has 1 aliphatic rings. The van der Waals surface area contributed by atoms with Crippen LogP contribution < -0.4 is 5.32 Å². The van der Waals surface area contributed by atoms with Crippen molar-refractivity contribution in [2.24, 2.45) is 0 Å². The number of nitrogens with one attached hydrogen (secondary N) is 1. The van der Waals surface area contributed by atoms with Crippen molar-refractivity contribution in [2.45, 2.75) is 50.8 Å². The van der Waals surface area contributed by atoms with Crippen molar-refractivity contribution in [3.63, 3.8) is 0 Å². The van der Waals surface area contributed by atoms with Crippen LogP contribution in [0.2, 0.25) is 10.0 Å². The molecule has 0 bridgehead atoms. The lowest BCUT2D eigenvalue weighted by atomic mass is 10.1. The van der Waals surface area contributed by atoms with E-state index < -0.39 is 24.5 Å². The molecule has 1 aromatic heterocycles. The quantitative estimate of drug-likeness (QED) is 0.678. The molecule has 0 unspecified atom stereocenters. The number of benzene rings is 1. The van der Waals surface area contributed by atoms with E-state index in [-0.39, 0.29) is 11.4 Å². The summed E-state index contributed by atoms with van der Waals surface area (Å²) < 4.78 is 7.47. The molecule has 0 radical (unpaired) electrons. The molecule has 25 heavy (non-hydrogen) atoms. The Labute approximate surface area is 160 Å². The monoisotopic (exact) mass is 407 g/mol. The highest BCUT2D eigenvalue weighted by Crippen LogP contribution is 2.38. The van der Waals surface area contributed by atoms with Crippen LogP contribution in [0.3, 0.4) is 0 Å². The summed E-state index contributed by atoms with van der Waals surface area (Å²) in [5.41, 5.74) is 0.939. The zero-order valence-electron chi connectivity index (χ0n) is 14.0. The number of alkyl halides is 1. The minimum absolute atomic E-state index is 0.0654. The van der Waals surface area contributed by atoms with Gasteiger partial charge in [-0.1, -0.05) is 23.2 Å². The fraction of sp³-hybridized carbons (Fsp3) is 0.562. The van der Waals surface area contributed by atoms with Crippen molar-refractivity contribution in [2.75, 3.05) is 11.2 Å². The van der Waals surface area contributed by atoms with Crippen LogP contribution in [0.4, 0.5) is 5.95 Å². The highest BCUT2D eigenvalue weighted by molar-refractivity contribution is 6.42. The summed E-state index contributed by atoms with van der Waals surface area (Å²) in [4.78, 5) is 4.56. The third-order valence-electron chi connectivity index (χ3n) is 3.96. The Morgan fingerprint density at radius 2 is 1.84 bits per heavy atom. The number of ether oxygens (including phenoxy) is 1. The summed E-state index contributed by atoms with van der Waals surface area (Å²) in [6.45, 7) is 5.96. The molecule has 9 heteroatoms. The first-order valence-electron chi connectivity index (χ1n) is 7.85. The average molecular weight is 409 g/mol. The van der Waals surface area contributed by atoms with E-state index in [0.29, 0.717) is 27.0 Å². The molecule has 2 heterocycles. The maximum Gasteiger partial charge on any atom is 0.206 e. The summed E-state index contributed by atoms with van der Waals surface area (Å²) in [5.74, 6) is 0.544. The van der Waals surface area contributed by atoms with Crippen molar-refractivity contribution in [3.8, 4) is 0 Å². The van der Waals surface area contributed by atoms with E-state index in [1.54, 1.807) is 16.7 Å². The molecule has 1 aromatic carbocycles. The lowest BCUT2D eigenvalue weighted by Crippen LogP contribution is -2.33. The van der Waals surface area contributed by atoms with Gasteiger partial charge in [-0.15, -0.1) is 11.6 Å². The minimum Gasteiger partial charge on any atom is -0.387 e. The first kappa shape index (κ1) is 19.0. The second kappa shape index (κ2) is 6.76. The summed E-state index contributed by atoms with van der Waals surface area (Å²) >= 11 is 18.1. The van der Waals surface area contributed by atoms with Crippen LogP contribution in [-0.2, 0) is 4.74 Å². The van der Waals surface area contributed by atoms with Crippen molar-refractivity contribution in [3.05, 3.63) is 22.2 Å². The fourth-order valence-electron chi connectivity index (χ4n) is 2.84. The Morgan fingerprint density at radius 1 is 1.20 bits per heavy atom. The van der Waals surface area contributed by atoms with Gasteiger partial charge in [0.2, 0.25) is 5.95 Å². The lowest BCUT2D eigenvalue weighted by Gasteiger charge is -2.25. The van der Waals surface area contributed by atoms with Crippen LogP contribution in [0.25, 0.3) is 11.0 Å². The Hall–Kier alpha value is -0.760. The second-order valence-corrected chi connectivity index (χ2v) is 8.26. The first-order valence-corrected chi connectivity index (χ1v) is 9.14. The van der Waals surface area contributed by atoms with Crippen molar-refractivity contribution in [1.82, 2.24) is 9.55 Å². The number of aliphatic hydroxyl groups excluding tert-OH is 2. The van der Waals surface area contributed by atoms with Crippen LogP contribution in [0.5, 0.6) is 0 Å². The summed E-state index contributed by atoms with van der Waals surface area (Å²) in [6.07, 6.45) is -3.78. The van der Waals surface area contributed by atoms with E-state index in [9.17, 15) is 10.2 Å². The third kappa shape index (κ3) is 3.56. The summed E-state index contributed by atoms with van der Waals surface area (Å²) in [5, 5.41) is 24.7. The van der Waals surface area contributed by atoms with Crippen LogP contribution in [0.1, 0.15) is 27.0 Å². The fourth-order valence-corrected chi connectivity index (χ4v) is 3.41. The van der Waals surface area contributed by atoms with E-state index in [1.165, 1.54) is 0 Å². The molecule has 6 nitrogen and oxygen atoms in total. The third-order valence-corrected chi connectivity index (χ3v) is 4.99. The van der Waals surface area contributed by atoms with Gasteiger partial charge in [0.1, 0.15) is 18.3 Å². The van der Waals surface area contributed by atoms with Crippen LogP contribution in [-0.4, -0.2) is 49.5 Å². The molecule has 1 aliphatic heterocycles. The van der Waals surface area contributed by atoms with Gasteiger partial charge in [-0.25, -0.2) is 4.98 Å². The van der Waals surface area contributed by atoms with E-state index in [1.807, 2.05) is 20.8 Å². The number of nitrogens with zero attached hydrogens (tertiary/aromatic N) is 2. The van der Waals surface area contributed by atoms with E-state index >= 15 is 0 Å². The topological polar surface area (TPSA) is 79.5 Å². The average Bonchev–Trinajstić information content (AvgIpc) is 2.96. The predicted molar refractivity (Wildman–Crippen MR) is 99.8 cm³/mol. The smallest absolute Gasteiger partial charge is 0.206 e.